The van der Waals surface area contributed by atoms with Gasteiger partial charge >= 0.3 is 0 Å². The van der Waals surface area contributed by atoms with E-state index in [0.717, 1.165) is 11.6 Å². The number of anilines is 1. The van der Waals surface area contributed by atoms with E-state index >= 15 is 0 Å². The zero-order chi connectivity index (χ0) is 14.9. The molecule has 0 spiro atoms. The smallest absolute Gasteiger partial charge is 0.149 e. The van der Waals surface area contributed by atoms with Crippen molar-refractivity contribution in [3.05, 3.63) is 46.2 Å². The van der Waals surface area contributed by atoms with Crippen LogP contribution in [0.4, 0.5) is 14.5 Å². The van der Waals surface area contributed by atoms with E-state index in [9.17, 15) is 8.78 Å². The normalized spacial score (nSPS) is 11.7. The van der Waals surface area contributed by atoms with Gasteiger partial charge < -0.3 is 5.32 Å². The zero-order valence-electron chi connectivity index (χ0n) is 11.5. The first-order chi connectivity index (χ1) is 9.27. The van der Waals surface area contributed by atoms with E-state index < -0.39 is 11.6 Å². The maximum absolute atomic E-state index is 13.6. The summed E-state index contributed by atoms with van der Waals surface area (Å²) in [7, 11) is 0. The van der Waals surface area contributed by atoms with E-state index in [1.165, 1.54) is 6.07 Å². The van der Waals surface area contributed by atoms with E-state index in [0.29, 0.717) is 6.54 Å². The lowest BCUT2D eigenvalue weighted by Crippen LogP contribution is -2.22. The van der Waals surface area contributed by atoms with Crippen molar-refractivity contribution < 1.29 is 8.78 Å². The lowest BCUT2D eigenvalue weighted by atomic mass is 10.1. The average Bonchev–Trinajstić information content (AvgIpc) is 2.80. The first-order valence-corrected chi connectivity index (χ1v) is 6.99. The maximum Gasteiger partial charge on any atom is 0.149 e. The Morgan fingerprint density at radius 2 is 1.95 bits per heavy atom. The van der Waals surface area contributed by atoms with Crippen LogP contribution >= 0.6 is 15.9 Å². The van der Waals surface area contributed by atoms with Gasteiger partial charge in [-0.1, -0.05) is 0 Å². The van der Waals surface area contributed by atoms with Gasteiger partial charge in [-0.15, -0.1) is 0 Å². The monoisotopic (exact) mass is 343 g/mol. The maximum atomic E-state index is 13.6. The van der Waals surface area contributed by atoms with E-state index in [1.807, 2.05) is 31.6 Å². The van der Waals surface area contributed by atoms with Crippen molar-refractivity contribution in [3.63, 3.8) is 0 Å². The Balaban J connectivity index is 2.09. The Morgan fingerprint density at radius 1 is 1.25 bits per heavy atom. The van der Waals surface area contributed by atoms with Crippen LogP contribution in [0.15, 0.2) is 29.0 Å². The molecule has 1 aromatic heterocycles. The third-order valence-corrected chi connectivity index (χ3v) is 3.42. The van der Waals surface area contributed by atoms with Crippen LogP contribution in [0, 0.1) is 11.6 Å². The molecule has 0 unspecified atom stereocenters. The summed E-state index contributed by atoms with van der Waals surface area (Å²) in [5.41, 5.74) is 1.09. The Kier molecular flexibility index (Phi) is 4.13. The second-order valence-electron chi connectivity index (χ2n) is 5.56. The third-order valence-electron chi connectivity index (χ3n) is 2.82. The SMILES string of the molecule is CC(C)(C)n1cc(CNc2cc(Br)c(F)cc2F)cn1. The van der Waals surface area contributed by atoms with Crippen molar-refractivity contribution in [2.45, 2.75) is 32.9 Å². The topological polar surface area (TPSA) is 29.9 Å². The molecule has 2 aromatic rings. The van der Waals surface area contributed by atoms with Gasteiger partial charge in [0.05, 0.1) is 21.9 Å². The summed E-state index contributed by atoms with van der Waals surface area (Å²) in [6.45, 7) is 6.57. The molecular weight excluding hydrogens is 328 g/mol. The van der Waals surface area contributed by atoms with Crippen molar-refractivity contribution in [3.8, 4) is 0 Å². The molecule has 2 rings (SSSR count). The number of nitrogens with one attached hydrogen (secondary N) is 1. The highest BCUT2D eigenvalue weighted by Gasteiger charge is 2.14. The molecule has 0 aliphatic heterocycles. The van der Waals surface area contributed by atoms with Crippen LogP contribution in [0.3, 0.4) is 0 Å². The molecule has 108 valence electrons. The molecule has 20 heavy (non-hydrogen) atoms. The number of halogens is 3. The Bertz CT molecular complexity index is 617. The van der Waals surface area contributed by atoms with Crippen molar-refractivity contribution in [2.24, 2.45) is 0 Å². The van der Waals surface area contributed by atoms with E-state index in [2.05, 4.69) is 26.3 Å². The summed E-state index contributed by atoms with van der Waals surface area (Å²) in [5.74, 6) is -1.23. The van der Waals surface area contributed by atoms with Crippen LogP contribution in [0.25, 0.3) is 0 Å². The van der Waals surface area contributed by atoms with Crippen molar-refractivity contribution in [1.29, 1.82) is 0 Å². The summed E-state index contributed by atoms with van der Waals surface area (Å²) in [6, 6.07) is 2.24. The van der Waals surface area contributed by atoms with Crippen molar-refractivity contribution in [1.82, 2.24) is 9.78 Å². The molecule has 0 aliphatic rings. The highest BCUT2D eigenvalue weighted by atomic mass is 79.9. The minimum Gasteiger partial charge on any atom is -0.378 e. The summed E-state index contributed by atoms with van der Waals surface area (Å²) in [4.78, 5) is 0. The van der Waals surface area contributed by atoms with Crippen LogP contribution in [0.5, 0.6) is 0 Å². The highest BCUT2D eigenvalue weighted by Crippen LogP contribution is 2.24. The quantitative estimate of drug-likeness (QED) is 0.842. The molecule has 1 aromatic carbocycles. The van der Waals surface area contributed by atoms with Gasteiger partial charge in [0.2, 0.25) is 0 Å². The van der Waals surface area contributed by atoms with Gasteiger partial charge in [0.1, 0.15) is 11.6 Å². The van der Waals surface area contributed by atoms with E-state index in [4.69, 9.17) is 0 Å². The summed E-state index contributed by atoms with van der Waals surface area (Å²) in [5, 5.41) is 7.20. The Morgan fingerprint density at radius 3 is 2.55 bits per heavy atom. The highest BCUT2D eigenvalue weighted by molar-refractivity contribution is 9.10. The number of aromatic nitrogens is 2. The molecule has 0 radical (unpaired) electrons. The molecule has 1 heterocycles. The minimum absolute atomic E-state index is 0.0948. The van der Waals surface area contributed by atoms with Gasteiger partial charge in [-0.05, 0) is 42.8 Å². The molecule has 3 nitrogen and oxygen atoms in total. The van der Waals surface area contributed by atoms with Gasteiger partial charge in [-0.3, -0.25) is 4.68 Å². The molecule has 1 N–H and O–H groups in total. The first-order valence-electron chi connectivity index (χ1n) is 6.20. The Hall–Kier alpha value is -1.43. The van der Waals surface area contributed by atoms with Gasteiger partial charge in [0.25, 0.3) is 0 Å². The van der Waals surface area contributed by atoms with E-state index in [-0.39, 0.29) is 15.7 Å². The largest absolute Gasteiger partial charge is 0.378 e. The van der Waals surface area contributed by atoms with Crippen LogP contribution in [-0.2, 0) is 12.1 Å². The number of hydrogen-bond donors (Lipinski definition) is 1. The van der Waals surface area contributed by atoms with Gasteiger partial charge in [0, 0.05) is 24.4 Å². The average molecular weight is 344 g/mol. The number of rotatable bonds is 3. The molecule has 6 heteroatoms. The predicted molar refractivity (Wildman–Crippen MR) is 78.6 cm³/mol. The number of nitrogens with zero attached hydrogens (tertiary/aromatic N) is 2. The van der Waals surface area contributed by atoms with Crippen LogP contribution in [0.2, 0.25) is 0 Å². The fourth-order valence-corrected chi connectivity index (χ4v) is 2.02. The fourth-order valence-electron chi connectivity index (χ4n) is 1.67. The summed E-state index contributed by atoms with van der Waals surface area (Å²) < 4.78 is 28.8. The molecule has 0 aliphatic carbocycles. The van der Waals surface area contributed by atoms with Crippen LogP contribution in [0.1, 0.15) is 26.3 Å². The molecule has 0 amide bonds. The minimum atomic E-state index is -0.617. The second kappa shape index (κ2) is 5.52. The van der Waals surface area contributed by atoms with Crippen molar-refractivity contribution in [2.75, 3.05) is 5.32 Å². The lowest BCUT2D eigenvalue weighted by molar-refractivity contribution is 0.355. The zero-order valence-corrected chi connectivity index (χ0v) is 13.1. The van der Waals surface area contributed by atoms with Gasteiger partial charge in [-0.25, -0.2) is 8.78 Å². The van der Waals surface area contributed by atoms with Crippen LogP contribution < -0.4 is 5.32 Å². The molecule has 0 saturated heterocycles. The lowest BCUT2D eigenvalue weighted by Gasteiger charge is -2.18. The van der Waals surface area contributed by atoms with Gasteiger partial charge in [-0.2, -0.15) is 5.10 Å². The molecule has 0 saturated carbocycles. The van der Waals surface area contributed by atoms with Gasteiger partial charge in [0.15, 0.2) is 0 Å². The summed E-state index contributed by atoms with van der Waals surface area (Å²) >= 11 is 3.04. The molecule has 0 bridgehead atoms. The standard InChI is InChI=1S/C14H16BrF2N3/c1-14(2,3)20-8-9(7-19-20)6-18-13-4-10(15)11(16)5-12(13)17/h4-5,7-8,18H,6H2,1-3H3. The first kappa shape index (κ1) is 15.0. The van der Waals surface area contributed by atoms with Crippen LogP contribution in [-0.4, -0.2) is 9.78 Å². The molecule has 0 atom stereocenters. The van der Waals surface area contributed by atoms with E-state index in [1.54, 1.807) is 6.20 Å². The predicted octanol–water partition coefficient (Wildman–Crippen LogP) is 4.29. The molecule has 0 fully saturated rings. The van der Waals surface area contributed by atoms with Crippen molar-refractivity contribution >= 4 is 21.6 Å². The third kappa shape index (κ3) is 3.36. The second-order valence-corrected chi connectivity index (χ2v) is 6.42. The number of benzene rings is 1. The summed E-state index contributed by atoms with van der Waals surface area (Å²) in [6.07, 6.45) is 3.64. The fraction of sp³-hybridized carbons (Fsp3) is 0.357. The molecular formula is C14H16BrF2N3. The number of hydrogen-bond acceptors (Lipinski definition) is 2. The Labute approximate surface area is 125 Å².